The fraction of sp³-hybridized carbons (Fsp3) is 0.118. The molecule has 1 saturated heterocycles. The van der Waals surface area contributed by atoms with E-state index in [4.69, 9.17) is 4.74 Å². The van der Waals surface area contributed by atoms with Crippen LogP contribution in [0, 0.1) is 5.82 Å². The summed E-state index contributed by atoms with van der Waals surface area (Å²) in [6, 6.07) is 8.74. The van der Waals surface area contributed by atoms with Crippen LogP contribution < -0.4 is 5.30 Å². The van der Waals surface area contributed by atoms with E-state index >= 15 is 0 Å². The predicted octanol–water partition coefficient (Wildman–Crippen LogP) is 2.24. The largest absolute Gasteiger partial charge is 0.359 e. The first-order valence-corrected chi connectivity index (χ1v) is 7.88. The Morgan fingerprint density at radius 3 is 2.75 bits per heavy atom. The molecular formula is C17H14FN4OP. The molecule has 0 amide bonds. The third kappa shape index (κ3) is 2.44. The topological polar surface area (TPSA) is 56.1 Å². The number of pyridine rings is 1. The normalized spacial score (nSPS) is 19.2. The van der Waals surface area contributed by atoms with Gasteiger partial charge in [0.05, 0.1) is 6.61 Å². The highest BCUT2D eigenvalue weighted by Gasteiger charge is 2.51. The lowest BCUT2D eigenvalue weighted by atomic mass is 9.88. The average molecular weight is 340 g/mol. The second-order valence-corrected chi connectivity index (χ2v) is 6.25. The van der Waals surface area contributed by atoms with Gasteiger partial charge in [0.1, 0.15) is 24.1 Å². The average Bonchev–Trinajstić information content (AvgIpc) is 3.19. The minimum atomic E-state index is -0.807. The van der Waals surface area contributed by atoms with E-state index < -0.39 is 5.60 Å². The number of hydrogen-bond acceptors (Lipinski definition) is 4. The van der Waals surface area contributed by atoms with Gasteiger partial charge in [0, 0.05) is 11.8 Å². The smallest absolute Gasteiger partial charge is 0.155 e. The molecule has 120 valence electrons. The summed E-state index contributed by atoms with van der Waals surface area (Å²) in [5.74, 6) is 0.349. The standard InChI is InChI=1S/C17H14FN4OP/c1-11(12-2-5-16(20-7-12)22-10-19-9-21-22)17(8-23-17)14-4-3-13(24)6-15(14)18/h2-7,9-10H,1,8,24H2. The second kappa shape index (κ2) is 5.58. The van der Waals surface area contributed by atoms with Gasteiger partial charge < -0.3 is 4.74 Å². The van der Waals surface area contributed by atoms with Crippen LogP contribution in [0.2, 0.25) is 0 Å². The Morgan fingerprint density at radius 1 is 1.33 bits per heavy atom. The molecule has 1 fully saturated rings. The number of nitrogens with zero attached hydrogens (tertiary/aromatic N) is 4. The molecule has 1 aliphatic rings. The molecule has 2 aromatic heterocycles. The van der Waals surface area contributed by atoms with Crippen LogP contribution in [0.3, 0.4) is 0 Å². The number of aromatic nitrogens is 4. The minimum Gasteiger partial charge on any atom is -0.359 e. The summed E-state index contributed by atoms with van der Waals surface area (Å²) in [7, 11) is 2.48. The Kier molecular flexibility index (Phi) is 3.52. The monoisotopic (exact) mass is 340 g/mol. The van der Waals surface area contributed by atoms with Gasteiger partial charge in [0.25, 0.3) is 0 Å². The molecule has 0 spiro atoms. The number of benzene rings is 1. The molecule has 4 rings (SSSR count). The van der Waals surface area contributed by atoms with Crippen molar-refractivity contribution < 1.29 is 9.13 Å². The summed E-state index contributed by atoms with van der Waals surface area (Å²) < 4.78 is 21.5. The fourth-order valence-corrected chi connectivity index (χ4v) is 2.93. The molecule has 0 N–H and O–H groups in total. The van der Waals surface area contributed by atoms with Crippen LogP contribution in [0.5, 0.6) is 0 Å². The Hall–Kier alpha value is -2.43. The van der Waals surface area contributed by atoms with Crippen molar-refractivity contribution in [3.8, 4) is 5.82 Å². The number of hydrogen-bond donors (Lipinski definition) is 0. The minimum absolute atomic E-state index is 0.298. The van der Waals surface area contributed by atoms with E-state index in [0.29, 0.717) is 23.6 Å². The number of rotatable bonds is 4. The van der Waals surface area contributed by atoms with E-state index in [1.807, 2.05) is 18.2 Å². The SMILES string of the molecule is C=C(c1ccc(-n2cncn2)nc1)C1(c2ccc(P)cc2F)CO1. The van der Waals surface area contributed by atoms with Crippen LogP contribution in [-0.2, 0) is 10.3 Å². The predicted molar refractivity (Wildman–Crippen MR) is 91.6 cm³/mol. The van der Waals surface area contributed by atoms with E-state index in [9.17, 15) is 4.39 Å². The molecule has 1 aromatic carbocycles. The third-order valence-corrected chi connectivity index (χ3v) is 4.46. The molecule has 0 bridgehead atoms. The molecule has 2 atom stereocenters. The van der Waals surface area contributed by atoms with Gasteiger partial charge >= 0.3 is 0 Å². The van der Waals surface area contributed by atoms with Gasteiger partial charge in [-0.1, -0.05) is 18.7 Å². The van der Waals surface area contributed by atoms with E-state index in [0.717, 1.165) is 10.9 Å². The molecular weight excluding hydrogens is 326 g/mol. The molecule has 0 radical (unpaired) electrons. The van der Waals surface area contributed by atoms with E-state index in [1.165, 1.54) is 12.4 Å². The van der Waals surface area contributed by atoms with Crippen molar-refractivity contribution in [3.05, 3.63) is 72.7 Å². The van der Waals surface area contributed by atoms with Gasteiger partial charge in [-0.25, -0.2) is 19.0 Å². The van der Waals surface area contributed by atoms with Crippen molar-refractivity contribution in [3.63, 3.8) is 0 Å². The summed E-state index contributed by atoms with van der Waals surface area (Å²) in [5, 5.41) is 4.82. The molecule has 5 nitrogen and oxygen atoms in total. The summed E-state index contributed by atoms with van der Waals surface area (Å²) >= 11 is 0. The highest BCUT2D eigenvalue weighted by molar-refractivity contribution is 7.27. The summed E-state index contributed by atoms with van der Waals surface area (Å²) in [6.07, 6.45) is 4.70. The van der Waals surface area contributed by atoms with Crippen molar-refractivity contribution in [2.75, 3.05) is 6.61 Å². The van der Waals surface area contributed by atoms with Gasteiger partial charge in [-0.2, -0.15) is 5.10 Å². The first-order chi connectivity index (χ1) is 11.6. The lowest BCUT2D eigenvalue weighted by Crippen LogP contribution is -2.15. The van der Waals surface area contributed by atoms with Crippen molar-refractivity contribution in [2.24, 2.45) is 0 Å². The van der Waals surface area contributed by atoms with Gasteiger partial charge in [0.2, 0.25) is 0 Å². The molecule has 3 aromatic rings. The van der Waals surface area contributed by atoms with Crippen molar-refractivity contribution in [1.29, 1.82) is 0 Å². The first kappa shape index (κ1) is 15.1. The molecule has 3 heterocycles. The molecule has 0 saturated carbocycles. The molecule has 2 unspecified atom stereocenters. The van der Waals surface area contributed by atoms with E-state index in [1.54, 1.807) is 23.3 Å². The zero-order valence-electron chi connectivity index (χ0n) is 12.7. The molecule has 7 heteroatoms. The number of epoxide rings is 1. The van der Waals surface area contributed by atoms with E-state index in [2.05, 4.69) is 30.9 Å². The molecule has 0 aliphatic carbocycles. The molecule has 24 heavy (non-hydrogen) atoms. The summed E-state index contributed by atoms with van der Waals surface area (Å²) in [6.45, 7) is 4.53. The number of halogens is 1. The van der Waals surface area contributed by atoms with Gasteiger partial charge in [0.15, 0.2) is 5.82 Å². The summed E-state index contributed by atoms with van der Waals surface area (Å²) in [4.78, 5) is 8.25. The maximum absolute atomic E-state index is 14.3. The Labute approximate surface area is 140 Å². The Bertz CT molecular complexity index is 905. The van der Waals surface area contributed by atoms with Gasteiger partial charge in [-0.3, -0.25) is 0 Å². The van der Waals surface area contributed by atoms with Crippen LogP contribution >= 0.6 is 9.24 Å². The fourth-order valence-electron chi connectivity index (χ4n) is 2.68. The maximum Gasteiger partial charge on any atom is 0.155 e. The van der Waals surface area contributed by atoms with Crippen molar-refractivity contribution in [2.45, 2.75) is 5.60 Å². The maximum atomic E-state index is 14.3. The third-order valence-electron chi connectivity index (χ3n) is 4.10. The zero-order chi connectivity index (χ0) is 16.7. The Balaban J connectivity index is 1.66. The van der Waals surface area contributed by atoms with Crippen LogP contribution in [0.25, 0.3) is 11.4 Å². The quantitative estimate of drug-likeness (QED) is 0.540. The van der Waals surface area contributed by atoms with Crippen molar-refractivity contribution >= 4 is 20.1 Å². The van der Waals surface area contributed by atoms with Gasteiger partial charge in [-0.05, 0) is 34.6 Å². The van der Waals surface area contributed by atoms with Crippen LogP contribution in [0.4, 0.5) is 4.39 Å². The van der Waals surface area contributed by atoms with Crippen molar-refractivity contribution in [1.82, 2.24) is 19.7 Å². The highest BCUT2D eigenvalue weighted by atomic mass is 31.0. The van der Waals surface area contributed by atoms with Crippen LogP contribution in [-0.4, -0.2) is 26.4 Å². The molecule has 1 aliphatic heterocycles. The first-order valence-electron chi connectivity index (χ1n) is 7.30. The van der Waals surface area contributed by atoms with Gasteiger partial charge in [-0.15, -0.1) is 9.24 Å². The summed E-state index contributed by atoms with van der Waals surface area (Å²) in [5.41, 5.74) is 1.18. The van der Waals surface area contributed by atoms with Crippen LogP contribution in [0.15, 0.2) is 55.8 Å². The van der Waals surface area contributed by atoms with E-state index in [-0.39, 0.29) is 5.82 Å². The van der Waals surface area contributed by atoms with Crippen LogP contribution in [0.1, 0.15) is 11.1 Å². The Morgan fingerprint density at radius 2 is 2.17 bits per heavy atom. The zero-order valence-corrected chi connectivity index (χ0v) is 13.8. The lowest BCUT2D eigenvalue weighted by Gasteiger charge is -2.17. The highest BCUT2D eigenvalue weighted by Crippen LogP contribution is 2.49. The number of ether oxygens (including phenoxy) is 1. The lowest BCUT2D eigenvalue weighted by molar-refractivity contribution is 0.357. The second-order valence-electron chi connectivity index (χ2n) is 5.58.